The van der Waals surface area contributed by atoms with Crippen LogP contribution in [0.15, 0.2) is 0 Å². The smallest absolute Gasteiger partial charge is 0.163 e. The van der Waals surface area contributed by atoms with E-state index in [1.807, 2.05) is 13.8 Å². The molecule has 2 N–H and O–H groups in total. The van der Waals surface area contributed by atoms with Crippen molar-refractivity contribution in [2.75, 3.05) is 19.8 Å². The maximum absolute atomic E-state index is 10.1. The van der Waals surface area contributed by atoms with Crippen molar-refractivity contribution in [2.45, 2.75) is 95.7 Å². The number of hydrogen-bond donors (Lipinski definition) is 2. The van der Waals surface area contributed by atoms with E-state index in [4.69, 9.17) is 14.2 Å². The maximum Gasteiger partial charge on any atom is 0.163 e. The van der Waals surface area contributed by atoms with Crippen molar-refractivity contribution < 1.29 is 24.4 Å². The van der Waals surface area contributed by atoms with Gasteiger partial charge in [0.2, 0.25) is 0 Å². The zero-order valence-corrected chi connectivity index (χ0v) is 17.5. The summed E-state index contributed by atoms with van der Waals surface area (Å²) in [5.74, 6) is 0.925. The van der Waals surface area contributed by atoms with Gasteiger partial charge in [0.05, 0.1) is 30.5 Å². The van der Waals surface area contributed by atoms with E-state index in [0.717, 1.165) is 38.7 Å². The largest absolute Gasteiger partial charge is 0.396 e. The minimum Gasteiger partial charge on any atom is -0.396 e. The second-order valence-corrected chi connectivity index (χ2v) is 10.4. The molecule has 7 atom stereocenters. The van der Waals surface area contributed by atoms with E-state index in [2.05, 4.69) is 13.8 Å². The average molecular weight is 383 g/mol. The molecular weight excluding hydrogens is 344 g/mol. The number of ether oxygens (including phenoxy) is 3. The van der Waals surface area contributed by atoms with Crippen molar-refractivity contribution in [2.24, 2.45) is 23.2 Å². The lowest BCUT2D eigenvalue weighted by atomic mass is 9.47. The Balaban J connectivity index is 1.65. The molecule has 2 aliphatic heterocycles. The molecule has 0 aromatic rings. The minimum atomic E-state index is -0.577. The molecule has 2 saturated carbocycles. The van der Waals surface area contributed by atoms with Crippen LogP contribution in [0.1, 0.15) is 72.6 Å². The van der Waals surface area contributed by atoms with Crippen molar-refractivity contribution >= 4 is 0 Å². The van der Waals surface area contributed by atoms with Gasteiger partial charge in [0.1, 0.15) is 0 Å². The van der Waals surface area contributed by atoms with Crippen LogP contribution in [0.3, 0.4) is 0 Å². The summed E-state index contributed by atoms with van der Waals surface area (Å²) >= 11 is 0. The molecule has 5 nitrogen and oxygen atoms in total. The number of aliphatic hydroxyl groups excluding tert-OH is 2. The lowest BCUT2D eigenvalue weighted by Crippen LogP contribution is -2.65. The summed E-state index contributed by atoms with van der Waals surface area (Å²) < 4.78 is 19.3. The summed E-state index contributed by atoms with van der Waals surface area (Å²) in [5.41, 5.74) is -0.732. The molecule has 4 aliphatic rings. The highest BCUT2D eigenvalue weighted by Gasteiger charge is 2.67. The topological polar surface area (TPSA) is 68.2 Å². The summed E-state index contributed by atoms with van der Waals surface area (Å²) in [5, 5.41) is 19.6. The second kappa shape index (κ2) is 6.66. The van der Waals surface area contributed by atoms with E-state index >= 15 is 0 Å². The molecule has 0 amide bonds. The number of fused-ring (bicyclic) bond motifs is 4. The van der Waals surface area contributed by atoms with Gasteiger partial charge < -0.3 is 24.4 Å². The molecule has 0 radical (unpaired) electrons. The van der Waals surface area contributed by atoms with Gasteiger partial charge in [-0.2, -0.15) is 0 Å². The fourth-order valence-corrected chi connectivity index (χ4v) is 7.14. The molecule has 0 aromatic heterocycles. The maximum atomic E-state index is 10.1. The Labute approximate surface area is 163 Å². The van der Waals surface area contributed by atoms with Crippen LogP contribution in [0, 0.1) is 23.2 Å². The van der Waals surface area contributed by atoms with E-state index in [1.54, 1.807) is 0 Å². The van der Waals surface area contributed by atoms with Crippen LogP contribution in [-0.2, 0) is 14.2 Å². The molecule has 2 aliphatic carbocycles. The van der Waals surface area contributed by atoms with Crippen LogP contribution >= 0.6 is 0 Å². The van der Waals surface area contributed by atoms with Gasteiger partial charge in [-0.3, -0.25) is 0 Å². The molecule has 0 bridgehead atoms. The molecule has 5 heteroatoms. The predicted octanol–water partition coefficient (Wildman–Crippen LogP) is 3.26. The standard InChI is InChI=1S/C22H38O5/c1-15-5-6-17-16-13-25-19(2,3)26-18(16)7-8-20(17,4)22(15)10-9-21(14-24,27-22)11-12-23/h15-18,23-24H,5-14H2,1-4H3/t15-,16?,17?,18?,20-,21?,22?/m1/s1. The molecule has 2 saturated heterocycles. The van der Waals surface area contributed by atoms with Crippen molar-refractivity contribution in [1.82, 2.24) is 0 Å². The molecule has 0 aromatic carbocycles. The van der Waals surface area contributed by atoms with E-state index in [9.17, 15) is 10.2 Å². The first-order chi connectivity index (χ1) is 12.7. The van der Waals surface area contributed by atoms with Gasteiger partial charge >= 0.3 is 0 Å². The summed E-state index contributed by atoms with van der Waals surface area (Å²) in [7, 11) is 0. The van der Waals surface area contributed by atoms with Crippen molar-refractivity contribution in [1.29, 1.82) is 0 Å². The predicted molar refractivity (Wildman–Crippen MR) is 102 cm³/mol. The SMILES string of the molecule is C[C@@H]1CCC2C3COC(C)(C)OC3CC[C@@]2(C)C12CCC(CO)(CCO)O2. The second-order valence-electron chi connectivity index (χ2n) is 10.4. The molecule has 2 heterocycles. The van der Waals surface area contributed by atoms with Gasteiger partial charge in [-0.25, -0.2) is 0 Å². The molecule has 1 spiro atoms. The third-order valence-corrected chi connectivity index (χ3v) is 8.70. The molecular formula is C22H38O5. The quantitative estimate of drug-likeness (QED) is 0.784. The van der Waals surface area contributed by atoms with Gasteiger partial charge in [0, 0.05) is 24.4 Å². The first kappa shape index (κ1) is 20.1. The Morgan fingerprint density at radius 2 is 1.78 bits per heavy atom. The zero-order chi connectivity index (χ0) is 19.5. The third kappa shape index (κ3) is 2.92. The van der Waals surface area contributed by atoms with Crippen LogP contribution in [0.5, 0.6) is 0 Å². The lowest BCUT2D eigenvalue weighted by Gasteiger charge is -2.64. The monoisotopic (exact) mass is 382 g/mol. The highest BCUT2D eigenvalue weighted by Crippen LogP contribution is 2.66. The van der Waals surface area contributed by atoms with E-state index in [-0.39, 0.29) is 30.3 Å². The van der Waals surface area contributed by atoms with Crippen LogP contribution in [0.2, 0.25) is 0 Å². The third-order valence-electron chi connectivity index (χ3n) is 8.70. The molecule has 5 unspecified atom stereocenters. The summed E-state index contributed by atoms with van der Waals surface area (Å²) in [6.45, 7) is 9.62. The van der Waals surface area contributed by atoms with Gasteiger partial charge in [-0.1, -0.05) is 13.8 Å². The summed E-state index contributed by atoms with van der Waals surface area (Å²) in [6, 6.07) is 0. The Hall–Kier alpha value is -0.200. The van der Waals surface area contributed by atoms with Crippen LogP contribution < -0.4 is 0 Å². The Kier molecular flexibility index (Phi) is 4.96. The first-order valence-corrected chi connectivity index (χ1v) is 10.9. The van der Waals surface area contributed by atoms with Crippen LogP contribution in [-0.4, -0.2) is 53.1 Å². The highest BCUT2D eigenvalue weighted by molar-refractivity contribution is 5.15. The molecule has 4 rings (SSSR count). The van der Waals surface area contributed by atoms with Gasteiger partial charge in [-0.05, 0) is 64.2 Å². The molecule has 4 fully saturated rings. The fourth-order valence-electron chi connectivity index (χ4n) is 7.14. The summed E-state index contributed by atoms with van der Waals surface area (Å²) in [4.78, 5) is 0. The molecule has 156 valence electrons. The normalized spacial score (nSPS) is 51.8. The van der Waals surface area contributed by atoms with E-state index in [0.29, 0.717) is 24.2 Å². The van der Waals surface area contributed by atoms with Gasteiger partial charge in [-0.15, -0.1) is 0 Å². The van der Waals surface area contributed by atoms with Crippen molar-refractivity contribution in [3.63, 3.8) is 0 Å². The van der Waals surface area contributed by atoms with Gasteiger partial charge in [0.25, 0.3) is 0 Å². The minimum absolute atomic E-state index is 0.00472. The van der Waals surface area contributed by atoms with Crippen molar-refractivity contribution in [3.05, 3.63) is 0 Å². The number of hydrogen-bond acceptors (Lipinski definition) is 5. The van der Waals surface area contributed by atoms with E-state index < -0.39 is 11.4 Å². The van der Waals surface area contributed by atoms with Crippen LogP contribution in [0.4, 0.5) is 0 Å². The molecule has 27 heavy (non-hydrogen) atoms. The Morgan fingerprint density at radius 1 is 1.00 bits per heavy atom. The zero-order valence-electron chi connectivity index (χ0n) is 17.5. The average Bonchev–Trinajstić information content (AvgIpc) is 3.01. The van der Waals surface area contributed by atoms with Crippen molar-refractivity contribution in [3.8, 4) is 0 Å². The van der Waals surface area contributed by atoms with Crippen LogP contribution in [0.25, 0.3) is 0 Å². The summed E-state index contributed by atoms with van der Waals surface area (Å²) in [6.07, 6.45) is 7.10. The lowest BCUT2D eigenvalue weighted by molar-refractivity contribution is -0.332. The first-order valence-electron chi connectivity index (χ1n) is 10.9. The van der Waals surface area contributed by atoms with E-state index in [1.165, 1.54) is 6.42 Å². The Bertz CT molecular complexity index is 565. The fraction of sp³-hybridized carbons (Fsp3) is 1.00. The Morgan fingerprint density at radius 3 is 2.48 bits per heavy atom. The number of aliphatic hydroxyl groups is 2. The number of rotatable bonds is 3. The van der Waals surface area contributed by atoms with Gasteiger partial charge in [0.15, 0.2) is 5.79 Å². The highest BCUT2D eigenvalue weighted by atomic mass is 16.7.